The monoisotopic (exact) mass is 1480 g/mol. The maximum absolute atomic E-state index is 4.90. The van der Waals surface area contributed by atoms with Gasteiger partial charge in [-0.25, -0.2) is 0 Å². The first-order valence-electron chi connectivity index (χ1n) is 36.8. The van der Waals surface area contributed by atoms with E-state index in [-0.39, 0.29) is 68.3 Å². The van der Waals surface area contributed by atoms with Gasteiger partial charge in [0, 0.05) is 34.1 Å². The van der Waals surface area contributed by atoms with E-state index in [4.69, 9.17) is 20.0 Å². The minimum atomic E-state index is 0. The van der Waals surface area contributed by atoms with Crippen LogP contribution in [0.25, 0.3) is 11.1 Å². The third kappa shape index (κ3) is 25.6. The zero-order chi connectivity index (χ0) is 65.4. The molecule has 8 saturated carbocycles. The molecule has 526 valence electrons. The van der Waals surface area contributed by atoms with Crippen LogP contribution in [0.2, 0.25) is 0 Å². The number of hydrogen-bond acceptors (Lipinski definition) is 6. The first-order valence-corrected chi connectivity index (χ1v) is 36.8. The van der Waals surface area contributed by atoms with Gasteiger partial charge in [-0.2, -0.15) is 132 Å². The van der Waals surface area contributed by atoms with Crippen LogP contribution in [-0.4, -0.2) is 24.9 Å². The molecule has 8 fully saturated rings. The Bertz CT molecular complexity index is 2850. The molecular weight excluding hydrogens is 1360 g/mol. The van der Waals surface area contributed by atoms with Crippen LogP contribution in [0.3, 0.4) is 0 Å². The van der Waals surface area contributed by atoms with Crippen molar-refractivity contribution in [2.24, 2.45) is 43.6 Å². The summed E-state index contributed by atoms with van der Waals surface area (Å²) < 4.78 is 0. The second-order valence-electron chi connectivity index (χ2n) is 29.0. The largest absolute Gasteiger partial charge is 2.00 e. The quantitative estimate of drug-likeness (QED) is 0.0584. The molecule has 6 aromatic carbocycles. The number of anilines is 6. The number of benzene rings is 6. The molecule has 0 bridgehead atoms. The zero-order valence-electron chi connectivity index (χ0n) is 60.4. The Kier molecular flexibility index (Phi) is 36.8. The maximum atomic E-state index is 4.90. The van der Waals surface area contributed by atoms with Gasteiger partial charge in [-0.15, -0.1) is 23.7 Å². The summed E-state index contributed by atoms with van der Waals surface area (Å²) >= 11 is 0. The first kappa shape index (κ1) is 82.6. The Balaban J connectivity index is 0.000000454. The average molecular weight is 1480 g/mol. The van der Waals surface area contributed by atoms with Gasteiger partial charge in [0.15, 0.2) is 0 Å². The van der Waals surface area contributed by atoms with E-state index in [0.717, 1.165) is 68.0 Å². The standard InChI is InChI=1S/C64H68N6.4C6H11.4Fe/c1-45-9-5-13-51(45)41-65-55-21-33-61(34-22-55)69(62-35-23-56(24-36-62)66-42-52-14-6-10-46(52)2)59-29-17-49(18-30-59)50-19-31-60(32-20-50)70(63-37-25-57(26-38-63)67-43-53-15-7-11-47(53)3)64-39-27-58(28-40-64)68-44-54-16-8-12-48(54)4;4*1-6-4-2-3-5-6;;;;/h17-44,51-54H,5-16H2,1-4H3;4*2-5H2,1H3;;;;/q-4;4*-1;4*+2. The molecule has 0 N–H and O–H groups in total. The minimum Gasteiger partial charge on any atom is -0.317 e. The van der Waals surface area contributed by atoms with Crippen molar-refractivity contribution in [2.75, 3.05) is 9.80 Å². The summed E-state index contributed by atoms with van der Waals surface area (Å²) in [6.45, 7) is 18.1. The normalized spacial score (nSPS) is 21.8. The molecule has 0 amide bonds. The van der Waals surface area contributed by atoms with E-state index in [1.54, 1.807) is 47.3 Å². The van der Waals surface area contributed by atoms with Crippen LogP contribution in [0.5, 0.6) is 0 Å². The van der Waals surface area contributed by atoms with Crippen molar-refractivity contribution in [1.82, 2.24) is 0 Å². The third-order valence-corrected chi connectivity index (χ3v) is 21.3. The van der Waals surface area contributed by atoms with Gasteiger partial charge in [-0.3, -0.25) is 20.0 Å². The van der Waals surface area contributed by atoms with E-state index < -0.39 is 0 Å². The molecule has 6 nitrogen and oxygen atoms in total. The number of hydrogen-bond donors (Lipinski definition) is 0. The molecule has 4 unspecified atom stereocenters. The molecule has 98 heavy (non-hydrogen) atoms. The molecule has 0 saturated heterocycles. The average Bonchev–Trinajstić information content (AvgIpc) is 1.04. The number of aliphatic imine (C=N–C) groups is 4. The van der Waals surface area contributed by atoms with Gasteiger partial charge in [0.1, 0.15) is 0 Å². The van der Waals surface area contributed by atoms with Crippen LogP contribution in [0.1, 0.15) is 235 Å². The maximum Gasteiger partial charge on any atom is 2.00 e. The molecular formula is C88H112Fe4N6. The van der Waals surface area contributed by atoms with Crippen molar-refractivity contribution in [3.05, 3.63) is 193 Å². The number of nitrogens with zero attached hydrogens (tertiary/aromatic N) is 6. The van der Waals surface area contributed by atoms with Gasteiger partial charge >= 0.3 is 68.3 Å². The molecule has 14 rings (SSSR count). The summed E-state index contributed by atoms with van der Waals surface area (Å²) in [4.78, 5) is 24.3. The molecule has 10 heteroatoms. The molecule has 0 aromatic heterocycles. The smallest absolute Gasteiger partial charge is 0.317 e. The zero-order valence-corrected chi connectivity index (χ0v) is 64.8. The van der Waals surface area contributed by atoms with Crippen molar-refractivity contribution in [3.63, 3.8) is 0 Å². The van der Waals surface area contributed by atoms with Gasteiger partial charge in [0.2, 0.25) is 0 Å². The summed E-state index contributed by atoms with van der Waals surface area (Å²) in [6.07, 6.45) is 46.1. The Morgan fingerprint density at radius 3 is 0.561 bits per heavy atom. The van der Waals surface area contributed by atoms with Gasteiger partial charge in [0.25, 0.3) is 0 Å². The van der Waals surface area contributed by atoms with E-state index >= 15 is 0 Å². The van der Waals surface area contributed by atoms with Gasteiger partial charge < -0.3 is 57.1 Å². The summed E-state index contributed by atoms with van der Waals surface area (Å²) in [5, 5.41) is 0. The second kappa shape index (κ2) is 43.6. The van der Waals surface area contributed by atoms with Crippen LogP contribution in [0.4, 0.5) is 56.9 Å². The Hall–Kier alpha value is -4.32. The van der Waals surface area contributed by atoms with Crippen molar-refractivity contribution in [3.8, 4) is 11.1 Å². The van der Waals surface area contributed by atoms with E-state index in [1.165, 1.54) is 180 Å². The Morgan fingerprint density at radius 1 is 0.245 bits per heavy atom. The van der Waals surface area contributed by atoms with Crippen LogP contribution in [-0.2, 0) is 68.3 Å². The molecule has 4 atom stereocenters. The Morgan fingerprint density at radius 2 is 0.418 bits per heavy atom. The summed E-state index contributed by atoms with van der Waals surface area (Å²) in [5.74, 6) is 14.9. The molecule has 6 aromatic rings. The SMILES string of the molecule is C[C-]1CCCC1.C[C-]1CCCC1.C[C-]1CCCC1.C[C-]1CCCC1.C[C-]1CCCC1C=Nc1ccc(N(c2ccc(N=CC3CCC[C-]3C)cc2)c2ccc(-c3ccc(N(c4ccc(N=CC5CCC[C-]5C)cc4)c4ccc(N=CC5CCC[C-]5C)cc4)cc3)cc2)cc1.[Fe+2].[Fe+2].[Fe+2].[Fe+2]. The van der Waals surface area contributed by atoms with Crippen molar-refractivity contribution < 1.29 is 68.3 Å². The van der Waals surface area contributed by atoms with Gasteiger partial charge in [-0.1, -0.05) is 127 Å². The topological polar surface area (TPSA) is 55.9 Å². The fourth-order valence-corrected chi connectivity index (χ4v) is 14.8. The predicted octanol–water partition coefficient (Wildman–Crippen LogP) is 27.3. The third-order valence-electron chi connectivity index (χ3n) is 21.3. The van der Waals surface area contributed by atoms with Crippen molar-refractivity contribution in [2.45, 2.75) is 235 Å². The van der Waals surface area contributed by atoms with E-state index in [9.17, 15) is 0 Å². The minimum absolute atomic E-state index is 0. The fraction of sp³-hybridized carbons (Fsp3) is 0.455. The summed E-state index contributed by atoms with van der Waals surface area (Å²) in [6, 6.07) is 52.5. The molecule has 0 aliphatic heterocycles. The molecule has 8 aliphatic carbocycles. The molecule has 0 spiro atoms. The van der Waals surface area contributed by atoms with Crippen LogP contribution in [0.15, 0.2) is 166 Å². The van der Waals surface area contributed by atoms with Crippen molar-refractivity contribution >= 4 is 81.7 Å². The molecule has 0 heterocycles. The van der Waals surface area contributed by atoms with E-state index in [1.807, 2.05) is 0 Å². The van der Waals surface area contributed by atoms with Gasteiger partial charge in [-0.05, 0) is 157 Å². The first-order chi connectivity index (χ1) is 45.9. The van der Waals surface area contributed by atoms with E-state index in [0.29, 0.717) is 23.7 Å². The van der Waals surface area contributed by atoms with Crippen LogP contribution in [0, 0.1) is 71.0 Å². The van der Waals surface area contributed by atoms with E-state index in [2.05, 4.69) is 236 Å². The molecule has 0 radical (unpaired) electrons. The predicted molar refractivity (Wildman–Crippen MR) is 408 cm³/mol. The molecule has 8 aliphatic rings. The van der Waals surface area contributed by atoms with Crippen LogP contribution >= 0.6 is 0 Å². The Labute approximate surface area is 637 Å². The number of rotatable bonds is 15. The second-order valence-corrected chi connectivity index (χ2v) is 29.0. The van der Waals surface area contributed by atoms with Crippen LogP contribution < -0.4 is 9.80 Å². The summed E-state index contributed by atoms with van der Waals surface area (Å²) in [7, 11) is 0. The van der Waals surface area contributed by atoms with Crippen molar-refractivity contribution in [1.29, 1.82) is 0 Å². The summed E-state index contributed by atoms with van der Waals surface area (Å²) in [5.41, 5.74) is 12.7. The fourth-order valence-electron chi connectivity index (χ4n) is 14.8. The van der Waals surface area contributed by atoms with Gasteiger partial charge in [0.05, 0.1) is 22.7 Å².